The van der Waals surface area contributed by atoms with Crippen LogP contribution < -0.4 is 16.0 Å². The van der Waals surface area contributed by atoms with Gasteiger partial charge in [-0.1, -0.05) is 54.1 Å². The first-order valence-corrected chi connectivity index (χ1v) is 12.1. The van der Waals surface area contributed by atoms with Crippen molar-refractivity contribution in [3.05, 3.63) is 101 Å². The fraction of sp³-hybridized carbons (Fsp3) is 0.111. The summed E-state index contributed by atoms with van der Waals surface area (Å²) in [5.41, 5.74) is 1.99. The van der Waals surface area contributed by atoms with Crippen molar-refractivity contribution in [3.8, 4) is 0 Å². The second-order valence-corrected chi connectivity index (χ2v) is 9.06. The number of aromatic nitrogens is 2. The zero-order valence-electron chi connectivity index (χ0n) is 20.1. The molecule has 0 saturated heterocycles. The number of urea groups is 1. The highest BCUT2D eigenvalue weighted by molar-refractivity contribution is 6.31. The molecule has 0 radical (unpaired) electrons. The number of halogens is 4. The summed E-state index contributed by atoms with van der Waals surface area (Å²) in [5.74, 6) is 0.259. The third-order valence-corrected chi connectivity index (χ3v) is 6.17. The lowest BCUT2D eigenvalue weighted by Crippen LogP contribution is -2.20. The van der Waals surface area contributed by atoms with Gasteiger partial charge in [0.2, 0.25) is 5.91 Å². The number of anilines is 3. The highest BCUT2D eigenvalue weighted by Crippen LogP contribution is 2.36. The normalized spacial score (nSPS) is 13.1. The van der Waals surface area contributed by atoms with Gasteiger partial charge in [-0.2, -0.15) is 18.3 Å². The summed E-state index contributed by atoms with van der Waals surface area (Å²) in [6.45, 7) is 0.470. The van der Waals surface area contributed by atoms with Gasteiger partial charge in [-0.05, 0) is 41.5 Å². The smallest absolute Gasteiger partial charge is 0.309 e. The number of hydrogen-bond donors (Lipinski definition) is 3. The zero-order chi connectivity index (χ0) is 27.6. The molecule has 1 aliphatic heterocycles. The van der Waals surface area contributed by atoms with Gasteiger partial charge in [-0.3, -0.25) is 4.79 Å². The number of fused-ring (bicyclic) bond motifs is 1. The zero-order valence-corrected chi connectivity index (χ0v) is 20.8. The van der Waals surface area contributed by atoms with Gasteiger partial charge in [-0.25, -0.2) is 14.5 Å². The largest absolute Gasteiger partial charge is 0.417 e. The van der Waals surface area contributed by atoms with Crippen LogP contribution in [0.5, 0.6) is 0 Å². The van der Waals surface area contributed by atoms with Crippen molar-refractivity contribution in [2.75, 3.05) is 16.0 Å². The van der Waals surface area contributed by atoms with E-state index in [9.17, 15) is 22.8 Å². The predicted octanol–water partition coefficient (Wildman–Crippen LogP) is 6.71. The quantitative estimate of drug-likeness (QED) is 0.256. The molecule has 0 fully saturated rings. The molecule has 8 nitrogen and oxygen atoms in total. The highest BCUT2D eigenvalue weighted by atomic mass is 35.5. The molecule has 1 aliphatic rings. The first-order valence-electron chi connectivity index (χ1n) is 11.7. The Bertz CT molecular complexity index is 1570. The average molecular weight is 553 g/mol. The Morgan fingerprint density at radius 3 is 2.41 bits per heavy atom. The van der Waals surface area contributed by atoms with Crippen LogP contribution in [0.3, 0.4) is 0 Å². The lowest BCUT2D eigenvalue weighted by molar-refractivity contribution is -0.137. The van der Waals surface area contributed by atoms with Gasteiger partial charge in [0.15, 0.2) is 5.82 Å². The number of nitrogens with one attached hydrogen (secondary N) is 3. The molecule has 0 saturated carbocycles. The maximum Gasteiger partial charge on any atom is 0.417 e. The van der Waals surface area contributed by atoms with Crippen molar-refractivity contribution in [1.82, 2.24) is 9.78 Å². The van der Waals surface area contributed by atoms with Gasteiger partial charge in [0, 0.05) is 11.4 Å². The first-order chi connectivity index (χ1) is 18.7. The van der Waals surface area contributed by atoms with Crippen LogP contribution in [-0.4, -0.2) is 27.4 Å². The third-order valence-electron chi connectivity index (χ3n) is 5.84. The molecule has 0 spiro atoms. The van der Waals surface area contributed by atoms with Gasteiger partial charge in [0.1, 0.15) is 5.69 Å². The molecular formula is C27H20ClF3N6O2. The molecule has 39 heavy (non-hydrogen) atoms. The standard InChI is InChI=1S/C27H20ClF3N6O2/c28-21-11-10-19(12-20(21)27(29,30)31)34-26(39)33-18-8-6-17(7-9-18)22-13-24(38)36-25-23(35-22)14-32-37(25)15-16-4-2-1-3-5-16/h1-12,14H,13,15H2,(H,36,38)(H2,33,34,39). The average Bonchev–Trinajstić information content (AvgIpc) is 3.16. The molecule has 0 atom stereocenters. The second kappa shape index (κ2) is 10.6. The molecule has 3 aromatic carbocycles. The van der Waals surface area contributed by atoms with E-state index in [0.717, 1.165) is 17.7 Å². The number of carbonyl (C=O) groups is 2. The predicted molar refractivity (Wildman–Crippen MR) is 143 cm³/mol. The van der Waals surface area contributed by atoms with E-state index in [0.29, 0.717) is 35.0 Å². The van der Waals surface area contributed by atoms with E-state index in [2.05, 4.69) is 26.0 Å². The van der Waals surface area contributed by atoms with E-state index in [1.807, 2.05) is 30.3 Å². The Morgan fingerprint density at radius 1 is 1.00 bits per heavy atom. The Balaban J connectivity index is 1.29. The van der Waals surface area contributed by atoms with Crippen molar-refractivity contribution >= 4 is 52.1 Å². The second-order valence-electron chi connectivity index (χ2n) is 8.65. The van der Waals surface area contributed by atoms with Gasteiger partial charge >= 0.3 is 12.2 Å². The minimum atomic E-state index is -4.65. The van der Waals surface area contributed by atoms with Crippen LogP contribution in [0.25, 0.3) is 0 Å². The van der Waals surface area contributed by atoms with Crippen molar-refractivity contribution in [2.24, 2.45) is 4.99 Å². The van der Waals surface area contributed by atoms with Crippen molar-refractivity contribution < 1.29 is 22.8 Å². The van der Waals surface area contributed by atoms with Crippen LogP contribution in [0, 0.1) is 0 Å². The Labute approximate surface area is 225 Å². The SMILES string of the molecule is O=C1CC(c2ccc(NC(=O)Nc3ccc(Cl)c(C(F)(F)F)c3)cc2)=Nc2cnn(Cc3ccccc3)c2N1. The Hall–Kier alpha value is -4.64. The van der Waals surface area contributed by atoms with Gasteiger partial charge in [-0.15, -0.1) is 0 Å². The summed E-state index contributed by atoms with van der Waals surface area (Å²) < 4.78 is 40.9. The van der Waals surface area contributed by atoms with E-state index < -0.39 is 22.8 Å². The summed E-state index contributed by atoms with van der Waals surface area (Å²) in [5, 5.41) is 11.7. The van der Waals surface area contributed by atoms with Crippen molar-refractivity contribution in [1.29, 1.82) is 0 Å². The molecule has 3 amide bonds. The molecule has 1 aromatic heterocycles. The number of aliphatic imine (C=N–C) groups is 1. The molecule has 198 valence electrons. The monoisotopic (exact) mass is 552 g/mol. The number of amides is 3. The van der Waals surface area contributed by atoms with E-state index in [4.69, 9.17) is 11.6 Å². The molecule has 4 aromatic rings. The molecular weight excluding hydrogens is 533 g/mol. The lowest BCUT2D eigenvalue weighted by atomic mass is 10.1. The van der Waals surface area contributed by atoms with Crippen LogP contribution in [0.15, 0.2) is 84.0 Å². The number of carbonyl (C=O) groups excluding carboxylic acids is 2. The number of nitrogens with zero attached hydrogens (tertiary/aromatic N) is 3. The molecule has 2 heterocycles. The molecule has 0 unspecified atom stereocenters. The minimum absolute atomic E-state index is 0.0331. The fourth-order valence-corrected chi connectivity index (χ4v) is 4.23. The number of alkyl halides is 3. The van der Waals surface area contributed by atoms with Crippen molar-refractivity contribution in [2.45, 2.75) is 19.1 Å². The van der Waals surface area contributed by atoms with E-state index >= 15 is 0 Å². The Morgan fingerprint density at radius 2 is 1.69 bits per heavy atom. The van der Waals surface area contributed by atoms with Gasteiger partial charge < -0.3 is 16.0 Å². The number of rotatable bonds is 5. The summed E-state index contributed by atoms with van der Waals surface area (Å²) in [7, 11) is 0. The molecule has 0 aliphatic carbocycles. The maximum absolute atomic E-state index is 13.1. The lowest BCUT2D eigenvalue weighted by Gasteiger charge is -2.12. The summed E-state index contributed by atoms with van der Waals surface area (Å²) >= 11 is 5.62. The number of hydrogen-bond acceptors (Lipinski definition) is 4. The summed E-state index contributed by atoms with van der Waals surface area (Å²) in [6.07, 6.45) is -3.03. The fourth-order valence-electron chi connectivity index (χ4n) is 4.00. The van der Waals surface area contributed by atoms with E-state index in [-0.39, 0.29) is 18.0 Å². The van der Waals surface area contributed by atoms with Gasteiger partial charge in [0.05, 0.1) is 35.5 Å². The van der Waals surface area contributed by atoms with Crippen LogP contribution in [0.1, 0.15) is 23.1 Å². The van der Waals surface area contributed by atoms with E-state index in [1.165, 1.54) is 6.07 Å². The van der Waals surface area contributed by atoms with Crippen LogP contribution >= 0.6 is 11.6 Å². The van der Waals surface area contributed by atoms with Gasteiger partial charge in [0.25, 0.3) is 0 Å². The molecule has 5 rings (SSSR count). The molecule has 12 heteroatoms. The number of benzene rings is 3. The first kappa shape index (κ1) is 26.0. The van der Waals surface area contributed by atoms with Crippen LogP contribution in [0.4, 0.5) is 40.8 Å². The summed E-state index contributed by atoms with van der Waals surface area (Å²) in [4.78, 5) is 29.7. The van der Waals surface area contributed by atoms with Crippen LogP contribution in [-0.2, 0) is 17.5 Å². The topological polar surface area (TPSA) is 100 Å². The minimum Gasteiger partial charge on any atom is -0.309 e. The van der Waals surface area contributed by atoms with Crippen molar-refractivity contribution in [3.63, 3.8) is 0 Å². The summed E-state index contributed by atoms with van der Waals surface area (Å²) in [6, 6.07) is 18.6. The Kier molecular flexibility index (Phi) is 7.07. The molecule has 3 N–H and O–H groups in total. The van der Waals surface area contributed by atoms with E-state index in [1.54, 1.807) is 35.1 Å². The third kappa shape index (κ3) is 6.10. The van der Waals surface area contributed by atoms with Crippen LogP contribution in [0.2, 0.25) is 5.02 Å². The highest BCUT2D eigenvalue weighted by Gasteiger charge is 2.33. The maximum atomic E-state index is 13.1. The molecule has 0 bridgehead atoms.